The van der Waals surface area contributed by atoms with E-state index < -0.39 is 0 Å². The van der Waals surface area contributed by atoms with Gasteiger partial charge >= 0.3 is 0 Å². The molecule has 1 aromatic heterocycles. The Balaban J connectivity index is 1.94. The summed E-state index contributed by atoms with van der Waals surface area (Å²) in [5, 5.41) is 18.9. The predicted octanol–water partition coefficient (Wildman–Crippen LogP) is 4.16. The van der Waals surface area contributed by atoms with E-state index in [2.05, 4.69) is 23.2 Å². The van der Waals surface area contributed by atoms with E-state index in [9.17, 15) is 0 Å². The van der Waals surface area contributed by atoms with Crippen molar-refractivity contribution < 1.29 is 5.21 Å². The van der Waals surface area contributed by atoms with Crippen LogP contribution in [0.5, 0.6) is 0 Å². The molecule has 0 saturated heterocycles. The summed E-state index contributed by atoms with van der Waals surface area (Å²) in [6, 6.07) is 8.45. The number of aromatic nitrogens is 1. The summed E-state index contributed by atoms with van der Waals surface area (Å²) >= 11 is 1.37. The van der Waals surface area contributed by atoms with Crippen molar-refractivity contribution in [3.05, 3.63) is 40.2 Å². The standard InChI is InChI=1S/C16H19N3OS/c17-15(19-20)16-18-14(10-21-16)13-9-5-4-8-12(13)11-6-2-1-3-7-11/h4-5,8-11,20H,1-3,6-7H2,(H2,17,19). The van der Waals surface area contributed by atoms with Crippen molar-refractivity contribution >= 4 is 17.2 Å². The summed E-state index contributed by atoms with van der Waals surface area (Å²) in [4.78, 5) is 4.48. The third-order valence-electron chi connectivity index (χ3n) is 4.11. The number of amidine groups is 1. The van der Waals surface area contributed by atoms with Gasteiger partial charge in [-0.15, -0.1) is 11.3 Å². The number of thiazole rings is 1. The van der Waals surface area contributed by atoms with Crippen LogP contribution in [0.3, 0.4) is 0 Å². The topological polar surface area (TPSA) is 69.0 Å². The Morgan fingerprint density at radius 1 is 1.24 bits per heavy atom. The Labute approximate surface area is 128 Å². The van der Waals surface area contributed by atoms with E-state index in [0.29, 0.717) is 10.9 Å². The average Bonchev–Trinajstić information content (AvgIpc) is 3.05. The lowest BCUT2D eigenvalue weighted by atomic mass is 9.82. The third kappa shape index (κ3) is 2.99. The van der Waals surface area contributed by atoms with Crippen molar-refractivity contribution in [3.8, 4) is 11.3 Å². The van der Waals surface area contributed by atoms with Gasteiger partial charge in [-0.2, -0.15) is 0 Å². The fourth-order valence-electron chi connectivity index (χ4n) is 3.06. The molecule has 0 spiro atoms. The molecular formula is C16H19N3OS. The summed E-state index contributed by atoms with van der Waals surface area (Å²) in [5.74, 6) is 0.567. The van der Waals surface area contributed by atoms with Crippen molar-refractivity contribution in [2.45, 2.75) is 38.0 Å². The lowest BCUT2D eigenvalue weighted by Gasteiger charge is -2.23. The Morgan fingerprint density at radius 3 is 2.76 bits per heavy atom. The molecule has 2 aromatic rings. The molecule has 3 N–H and O–H groups in total. The van der Waals surface area contributed by atoms with Gasteiger partial charge in [-0.05, 0) is 24.3 Å². The molecule has 110 valence electrons. The molecule has 1 aromatic carbocycles. The molecule has 0 amide bonds. The van der Waals surface area contributed by atoms with E-state index in [1.165, 1.54) is 49.0 Å². The maximum absolute atomic E-state index is 8.82. The summed E-state index contributed by atoms with van der Waals surface area (Å²) in [5.41, 5.74) is 5.29. The minimum absolute atomic E-state index is 0.0543. The number of nitrogens with zero attached hydrogens (tertiary/aromatic N) is 1. The first kappa shape index (κ1) is 14.2. The minimum Gasteiger partial charge on any atom is -0.290 e. The molecule has 0 bridgehead atoms. The van der Waals surface area contributed by atoms with Crippen LogP contribution in [0.1, 0.15) is 48.6 Å². The van der Waals surface area contributed by atoms with Gasteiger partial charge in [-0.25, -0.2) is 4.98 Å². The number of benzene rings is 1. The first-order chi connectivity index (χ1) is 10.3. The fourth-order valence-corrected chi connectivity index (χ4v) is 3.78. The molecule has 21 heavy (non-hydrogen) atoms. The molecule has 0 unspecified atom stereocenters. The Kier molecular flexibility index (Phi) is 4.31. The monoisotopic (exact) mass is 301 g/mol. The van der Waals surface area contributed by atoms with Gasteiger partial charge < -0.3 is 0 Å². The third-order valence-corrected chi connectivity index (χ3v) is 4.97. The number of hydroxylamine groups is 1. The Hall–Kier alpha value is -1.72. The van der Waals surface area contributed by atoms with Crippen LogP contribution in [-0.2, 0) is 0 Å². The van der Waals surface area contributed by atoms with Gasteiger partial charge in [0.05, 0.1) is 5.69 Å². The highest BCUT2D eigenvalue weighted by molar-refractivity contribution is 7.12. The van der Waals surface area contributed by atoms with Crippen LogP contribution in [0.2, 0.25) is 0 Å². The normalized spacial score (nSPS) is 15.9. The highest BCUT2D eigenvalue weighted by atomic mass is 32.1. The minimum atomic E-state index is -0.0543. The smallest absolute Gasteiger partial charge is 0.178 e. The van der Waals surface area contributed by atoms with Crippen LogP contribution in [-0.4, -0.2) is 16.0 Å². The molecule has 4 nitrogen and oxygen atoms in total. The Morgan fingerprint density at radius 2 is 2.00 bits per heavy atom. The van der Waals surface area contributed by atoms with Gasteiger partial charge in [-0.3, -0.25) is 16.1 Å². The molecule has 5 heteroatoms. The quantitative estimate of drug-likeness (QED) is 0.453. The van der Waals surface area contributed by atoms with Gasteiger partial charge in [0.1, 0.15) is 0 Å². The zero-order valence-electron chi connectivity index (χ0n) is 11.8. The lowest BCUT2D eigenvalue weighted by Crippen LogP contribution is -2.18. The van der Waals surface area contributed by atoms with Crippen LogP contribution in [0.25, 0.3) is 11.3 Å². The maximum atomic E-state index is 8.82. The molecule has 0 atom stereocenters. The first-order valence-electron chi connectivity index (χ1n) is 7.33. The van der Waals surface area contributed by atoms with Gasteiger partial charge in [0.15, 0.2) is 10.8 Å². The van der Waals surface area contributed by atoms with E-state index in [1.54, 1.807) is 0 Å². The van der Waals surface area contributed by atoms with Crippen molar-refractivity contribution in [1.82, 2.24) is 10.5 Å². The number of hydrogen-bond donors (Lipinski definition) is 3. The summed E-state index contributed by atoms with van der Waals surface area (Å²) in [6.45, 7) is 0. The second-order valence-electron chi connectivity index (χ2n) is 5.45. The van der Waals surface area contributed by atoms with Crippen molar-refractivity contribution in [3.63, 3.8) is 0 Å². The summed E-state index contributed by atoms with van der Waals surface area (Å²) in [6.07, 6.45) is 6.46. The van der Waals surface area contributed by atoms with Crippen LogP contribution < -0.4 is 5.48 Å². The van der Waals surface area contributed by atoms with E-state index >= 15 is 0 Å². The lowest BCUT2D eigenvalue weighted by molar-refractivity contribution is 0.234. The van der Waals surface area contributed by atoms with Gasteiger partial charge in [0, 0.05) is 10.9 Å². The van der Waals surface area contributed by atoms with Crippen LogP contribution >= 0.6 is 11.3 Å². The Bertz CT molecular complexity index is 632. The highest BCUT2D eigenvalue weighted by Gasteiger charge is 2.20. The second-order valence-corrected chi connectivity index (χ2v) is 6.30. The highest BCUT2D eigenvalue weighted by Crippen LogP contribution is 2.38. The molecule has 1 saturated carbocycles. The average molecular weight is 301 g/mol. The number of rotatable bonds is 3. The van der Waals surface area contributed by atoms with Crippen molar-refractivity contribution in [2.75, 3.05) is 0 Å². The number of hydrogen-bond acceptors (Lipinski definition) is 4. The fraction of sp³-hybridized carbons (Fsp3) is 0.375. The van der Waals surface area contributed by atoms with Crippen LogP contribution in [0.15, 0.2) is 29.6 Å². The molecule has 1 aliphatic rings. The van der Waals surface area contributed by atoms with Gasteiger partial charge in [-0.1, -0.05) is 43.5 Å². The molecule has 0 radical (unpaired) electrons. The molecule has 3 rings (SSSR count). The van der Waals surface area contributed by atoms with E-state index in [-0.39, 0.29) is 5.84 Å². The van der Waals surface area contributed by atoms with Crippen LogP contribution in [0, 0.1) is 5.41 Å². The number of nitrogens with one attached hydrogen (secondary N) is 2. The summed E-state index contributed by atoms with van der Waals surface area (Å²) in [7, 11) is 0. The summed E-state index contributed by atoms with van der Waals surface area (Å²) < 4.78 is 0. The van der Waals surface area contributed by atoms with Crippen molar-refractivity contribution in [1.29, 1.82) is 5.41 Å². The SMILES string of the molecule is N=C(NO)c1nc(-c2ccccc2C2CCCCC2)cs1. The zero-order valence-corrected chi connectivity index (χ0v) is 12.6. The first-order valence-corrected chi connectivity index (χ1v) is 8.21. The molecule has 1 heterocycles. The van der Waals surface area contributed by atoms with Gasteiger partial charge in [0.25, 0.3) is 0 Å². The largest absolute Gasteiger partial charge is 0.290 e. The molecule has 1 fully saturated rings. The predicted molar refractivity (Wildman–Crippen MR) is 85.1 cm³/mol. The van der Waals surface area contributed by atoms with E-state index in [0.717, 1.165) is 11.3 Å². The van der Waals surface area contributed by atoms with Crippen LogP contribution in [0.4, 0.5) is 0 Å². The van der Waals surface area contributed by atoms with E-state index in [1.807, 2.05) is 16.9 Å². The van der Waals surface area contributed by atoms with E-state index in [4.69, 9.17) is 10.6 Å². The second kappa shape index (κ2) is 6.37. The van der Waals surface area contributed by atoms with Gasteiger partial charge in [0.2, 0.25) is 0 Å². The van der Waals surface area contributed by atoms with Crippen molar-refractivity contribution in [2.24, 2.45) is 0 Å². The zero-order chi connectivity index (χ0) is 14.7. The molecule has 1 aliphatic carbocycles. The maximum Gasteiger partial charge on any atom is 0.178 e. The molecule has 0 aliphatic heterocycles. The molecular weight excluding hydrogens is 282 g/mol.